The lowest BCUT2D eigenvalue weighted by Gasteiger charge is -2.12. The first-order valence-corrected chi connectivity index (χ1v) is 18.4. The van der Waals surface area contributed by atoms with E-state index in [2.05, 4.69) is 115 Å². The Morgan fingerprint density at radius 2 is 0.855 bits per heavy atom. The molecular formula is C50H30N4O. The first-order chi connectivity index (χ1) is 27.2. The first-order valence-electron chi connectivity index (χ1n) is 18.4. The number of hydrogen-bond donors (Lipinski definition) is 0. The number of fused-ring (bicyclic) bond motifs is 8. The minimum absolute atomic E-state index is 0.602. The van der Waals surface area contributed by atoms with Gasteiger partial charge in [0.2, 0.25) is 0 Å². The molecule has 0 unspecified atom stereocenters. The molecule has 0 saturated carbocycles. The Balaban J connectivity index is 1.01. The maximum absolute atomic E-state index is 6.43. The Bertz CT molecular complexity index is 3240. The number of pyridine rings is 1. The van der Waals surface area contributed by atoms with E-state index >= 15 is 0 Å². The second-order valence-electron chi connectivity index (χ2n) is 13.8. The Labute approximate surface area is 316 Å². The molecule has 0 saturated heterocycles. The zero-order valence-corrected chi connectivity index (χ0v) is 29.5. The average Bonchev–Trinajstić information content (AvgIpc) is 3.66. The summed E-state index contributed by atoms with van der Waals surface area (Å²) in [4.78, 5) is 20.2. The summed E-state index contributed by atoms with van der Waals surface area (Å²) < 4.78 is 6.43. The lowest BCUT2D eigenvalue weighted by atomic mass is 9.93. The SMILES string of the molecule is c1ccc(-c2nc(-c3ccc(-c4cc5ccccc5c5ccccc45)cc3)nc(-c3ccc(-c4nc5ccccc5c5oc6ccccc6c45)cc3)n2)cc1. The van der Waals surface area contributed by atoms with Gasteiger partial charge in [-0.05, 0) is 56.9 Å². The van der Waals surface area contributed by atoms with Crippen LogP contribution in [0.15, 0.2) is 186 Å². The molecular weight excluding hydrogens is 673 g/mol. The van der Waals surface area contributed by atoms with Crippen molar-refractivity contribution in [3.63, 3.8) is 0 Å². The van der Waals surface area contributed by atoms with Crippen LogP contribution < -0.4 is 0 Å². The summed E-state index contributed by atoms with van der Waals surface area (Å²) in [6, 6.07) is 62.8. The highest BCUT2D eigenvalue weighted by Gasteiger charge is 2.19. The van der Waals surface area contributed by atoms with E-state index in [9.17, 15) is 0 Å². The van der Waals surface area contributed by atoms with Crippen molar-refractivity contribution in [3.05, 3.63) is 182 Å². The topological polar surface area (TPSA) is 64.7 Å². The summed E-state index contributed by atoms with van der Waals surface area (Å²) in [5.41, 5.74) is 9.52. The van der Waals surface area contributed by atoms with Crippen molar-refractivity contribution in [2.75, 3.05) is 0 Å². The highest BCUT2D eigenvalue weighted by Crippen LogP contribution is 2.40. The fourth-order valence-corrected chi connectivity index (χ4v) is 7.84. The van der Waals surface area contributed by atoms with E-state index in [0.717, 1.165) is 66.4 Å². The van der Waals surface area contributed by atoms with Crippen molar-refractivity contribution in [3.8, 4) is 56.5 Å². The van der Waals surface area contributed by atoms with Gasteiger partial charge < -0.3 is 4.42 Å². The van der Waals surface area contributed by atoms with Gasteiger partial charge in [-0.2, -0.15) is 0 Å². The van der Waals surface area contributed by atoms with Gasteiger partial charge in [-0.25, -0.2) is 19.9 Å². The molecule has 0 aliphatic carbocycles. The largest absolute Gasteiger partial charge is 0.455 e. The molecule has 3 heterocycles. The van der Waals surface area contributed by atoms with Crippen LogP contribution in [0.2, 0.25) is 0 Å². The molecule has 0 radical (unpaired) electrons. The van der Waals surface area contributed by atoms with Crippen molar-refractivity contribution in [2.45, 2.75) is 0 Å². The molecule has 0 N–H and O–H groups in total. The van der Waals surface area contributed by atoms with Crippen molar-refractivity contribution >= 4 is 54.4 Å². The van der Waals surface area contributed by atoms with Crippen molar-refractivity contribution in [1.29, 1.82) is 0 Å². The van der Waals surface area contributed by atoms with E-state index in [1.807, 2.05) is 66.7 Å². The standard InChI is InChI=1S/C50H30N4O/c1-2-12-33(13-3-1)48-52-49(34-26-22-31(23-27-34)42-30-36-14-4-5-15-37(36)38-16-6-7-17-39(38)42)54-50(53-48)35-28-24-32(25-29-35)46-45-41-19-9-11-21-44(41)55-47(45)40-18-8-10-20-43(40)51-46/h1-30H. The number of para-hydroxylation sites is 2. The first kappa shape index (κ1) is 31.1. The van der Waals surface area contributed by atoms with Crippen LogP contribution in [0.25, 0.3) is 111 Å². The van der Waals surface area contributed by atoms with E-state index < -0.39 is 0 Å². The second kappa shape index (κ2) is 12.6. The van der Waals surface area contributed by atoms with Crippen LogP contribution in [0.5, 0.6) is 0 Å². The predicted molar refractivity (Wildman–Crippen MR) is 225 cm³/mol. The summed E-state index contributed by atoms with van der Waals surface area (Å²) in [6.45, 7) is 0. The van der Waals surface area contributed by atoms with Gasteiger partial charge in [-0.15, -0.1) is 0 Å². The molecule has 0 aliphatic heterocycles. The van der Waals surface area contributed by atoms with Crippen LogP contribution in [-0.4, -0.2) is 19.9 Å². The van der Waals surface area contributed by atoms with Gasteiger partial charge in [0.15, 0.2) is 17.5 Å². The minimum Gasteiger partial charge on any atom is -0.455 e. The van der Waals surface area contributed by atoms with Crippen LogP contribution in [0, 0.1) is 0 Å². The number of furan rings is 1. The molecule has 0 bridgehead atoms. The van der Waals surface area contributed by atoms with Crippen molar-refractivity contribution in [2.24, 2.45) is 0 Å². The Morgan fingerprint density at radius 3 is 1.56 bits per heavy atom. The van der Waals surface area contributed by atoms with Gasteiger partial charge in [0.25, 0.3) is 0 Å². The smallest absolute Gasteiger partial charge is 0.164 e. The van der Waals surface area contributed by atoms with Gasteiger partial charge in [0.05, 0.1) is 16.6 Å². The maximum Gasteiger partial charge on any atom is 0.164 e. The minimum atomic E-state index is 0.602. The third-order valence-corrected chi connectivity index (χ3v) is 10.5. The van der Waals surface area contributed by atoms with Crippen LogP contribution in [0.1, 0.15) is 0 Å². The summed E-state index contributed by atoms with van der Waals surface area (Å²) in [5, 5.41) is 8.01. The molecule has 11 rings (SSSR count). The predicted octanol–water partition coefficient (Wildman–Crippen LogP) is 13.0. The molecule has 0 fully saturated rings. The zero-order valence-electron chi connectivity index (χ0n) is 29.5. The number of nitrogens with zero attached hydrogens (tertiary/aromatic N) is 4. The van der Waals surface area contributed by atoms with Crippen LogP contribution in [0.3, 0.4) is 0 Å². The third kappa shape index (κ3) is 5.24. The van der Waals surface area contributed by atoms with E-state index in [0.29, 0.717) is 17.5 Å². The summed E-state index contributed by atoms with van der Waals surface area (Å²) in [6.07, 6.45) is 0. The highest BCUT2D eigenvalue weighted by molar-refractivity contribution is 6.19. The lowest BCUT2D eigenvalue weighted by molar-refractivity contribution is 0.672. The number of hydrogen-bond acceptors (Lipinski definition) is 5. The molecule has 0 amide bonds. The van der Waals surface area contributed by atoms with E-state index in [1.54, 1.807) is 0 Å². The van der Waals surface area contributed by atoms with Crippen LogP contribution in [-0.2, 0) is 0 Å². The van der Waals surface area contributed by atoms with Crippen LogP contribution in [0.4, 0.5) is 0 Å². The summed E-state index contributed by atoms with van der Waals surface area (Å²) in [5.74, 6) is 1.84. The van der Waals surface area contributed by atoms with E-state index in [-0.39, 0.29) is 0 Å². The van der Waals surface area contributed by atoms with Gasteiger partial charge in [-0.1, -0.05) is 158 Å². The zero-order chi connectivity index (χ0) is 36.3. The van der Waals surface area contributed by atoms with Gasteiger partial charge in [0, 0.05) is 33.0 Å². The molecule has 256 valence electrons. The molecule has 5 heteroatoms. The van der Waals surface area contributed by atoms with Gasteiger partial charge >= 0.3 is 0 Å². The average molecular weight is 703 g/mol. The third-order valence-electron chi connectivity index (χ3n) is 10.5. The fourth-order valence-electron chi connectivity index (χ4n) is 7.84. The monoisotopic (exact) mass is 702 g/mol. The Hall–Kier alpha value is -7.50. The number of rotatable bonds is 5. The molecule has 8 aromatic carbocycles. The molecule has 0 spiro atoms. The Morgan fingerprint density at radius 1 is 0.345 bits per heavy atom. The quantitative estimate of drug-likeness (QED) is 0.167. The second-order valence-corrected chi connectivity index (χ2v) is 13.8. The summed E-state index contributed by atoms with van der Waals surface area (Å²) >= 11 is 0. The van der Waals surface area contributed by atoms with Crippen molar-refractivity contribution < 1.29 is 4.42 Å². The normalized spacial score (nSPS) is 11.6. The molecule has 5 nitrogen and oxygen atoms in total. The van der Waals surface area contributed by atoms with Crippen molar-refractivity contribution in [1.82, 2.24) is 19.9 Å². The molecule has 11 aromatic rings. The van der Waals surface area contributed by atoms with Gasteiger partial charge in [-0.3, -0.25) is 0 Å². The fraction of sp³-hybridized carbons (Fsp3) is 0. The van der Waals surface area contributed by atoms with E-state index in [1.165, 1.54) is 27.1 Å². The number of aromatic nitrogens is 4. The van der Waals surface area contributed by atoms with Crippen LogP contribution >= 0.6 is 0 Å². The Kier molecular flexibility index (Phi) is 7.10. The van der Waals surface area contributed by atoms with Gasteiger partial charge in [0.1, 0.15) is 11.2 Å². The molecule has 0 atom stereocenters. The van der Waals surface area contributed by atoms with E-state index in [4.69, 9.17) is 24.4 Å². The highest BCUT2D eigenvalue weighted by atomic mass is 16.3. The lowest BCUT2D eigenvalue weighted by Crippen LogP contribution is -2.00. The summed E-state index contributed by atoms with van der Waals surface area (Å²) in [7, 11) is 0. The maximum atomic E-state index is 6.43. The molecule has 3 aromatic heterocycles. The molecule has 0 aliphatic rings. The number of benzene rings is 8. The molecule has 55 heavy (non-hydrogen) atoms.